The van der Waals surface area contributed by atoms with E-state index in [0.717, 1.165) is 0 Å². The lowest BCUT2D eigenvalue weighted by atomic mass is 10.1. The number of ether oxygens (including phenoxy) is 1. The van der Waals surface area contributed by atoms with Crippen molar-refractivity contribution >= 4 is 17.6 Å². The van der Waals surface area contributed by atoms with Crippen molar-refractivity contribution < 1.29 is 19.0 Å². The van der Waals surface area contributed by atoms with Crippen LogP contribution < -0.4 is 0 Å². The van der Waals surface area contributed by atoms with Crippen LogP contribution in [0.5, 0.6) is 0 Å². The Labute approximate surface area is 97.8 Å². The van der Waals surface area contributed by atoms with Crippen LogP contribution in [-0.2, 0) is 9.53 Å². The van der Waals surface area contributed by atoms with Gasteiger partial charge in [0, 0.05) is 5.88 Å². The minimum absolute atomic E-state index is 0.105. The summed E-state index contributed by atoms with van der Waals surface area (Å²) in [5.41, 5.74) is 0.742. The Morgan fingerprint density at radius 3 is 2.81 bits per heavy atom. The summed E-state index contributed by atoms with van der Waals surface area (Å²) in [6.45, 7) is 1.71. The van der Waals surface area contributed by atoms with Crippen LogP contribution in [0, 0.1) is 12.7 Å². The zero-order valence-corrected chi connectivity index (χ0v) is 9.50. The molecule has 1 rings (SSSR count). The molecule has 0 saturated heterocycles. The predicted octanol–water partition coefficient (Wildman–Crippen LogP) is 2.52. The highest BCUT2D eigenvalue weighted by atomic mass is 35.5. The quantitative estimate of drug-likeness (QED) is 0.812. The molecule has 1 atom stereocenters. The van der Waals surface area contributed by atoms with E-state index in [9.17, 15) is 9.18 Å². The van der Waals surface area contributed by atoms with Crippen LogP contribution in [-0.4, -0.2) is 23.6 Å². The highest BCUT2D eigenvalue weighted by Gasteiger charge is 2.21. The molecule has 5 heteroatoms. The van der Waals surface area contributed by atoms with Gasteiger partial charge in [-0.3, -0.25) is 0 Å². The van der Waals surface area contributed by atoms with Crippen LogP contribution in [0.4, 0.5) is 4.39 Å². The van der Waals surface area contributed by atoms with Crippen LogP contribution >= 0.6 is 11.6 Å². The molecule has 0 aliphatic carbocycles. The Morgan fingerprint density at radius 2 is 2.31 bits per heavy atom. The molecule has 1 unspecified atom stereocenters. The lowest BCUT2D eigenvalue weighted by molar-refractivity contribution is -0.150. The fourth-order valence-electron chi connectivity index (χ4n) is 1.24. The van der Waals surface area contributed by atoms with E-state index in [1.807, 2.05) is 0 Å². The molecule has 0 aliphatic heterocycles. The molecular formula is C11H12ClFO3. The Morgan fingerprint density at radius 1 is 1.62 bits per heavy atom. The third kappa shape index (κ3) is 3.18. The van der Waals surface area contributed by atoms with Crippen molar-refractivity contribution in [3.63, 3.8) is 0 Å². The molecule has 1 N–H and O–H groups in total. The molecule has 88 valence electrons. The van der Waals surface area contributed by atoms with Crippen LogP contribution in [0.25, 0.3) is 0 Å². The van der Waals surface area contributed by atoms with E-state index in [4.69, 9.17) is 21.4 Å². The van der Waals surface area contributed by atoms with Gasteiger partial charge < -0.3 is 9.84 Å². The monoisotopic (exact) mass is 246 g/mol. The maximum Gasteiger partial charge on any atom is 0.337 e. The van der Waals surface area contributed by atoms with Gasteiger partial charge in [0.15, 0.2) is 6.10 Å². The largest absolute Gasteiger partial charge is 0.479 e. The molecule has 1 aromatic rings. The average molecular weight is 247 g/mol. The zero-order chi connectivity index (χ0) is 12.1. The highest BCUT2D eigenvalue weighted by Crippen LogP contribution is 2.20. The van der Waals surface area contributed by atoms with Gasteiger partial charge in [-0.2, -0.15) is 0 Å². The third-order valence-electron chi connectivity index (χ3n) is 2.08. The Kier molecular flexibility index (Phi) is 4.71. The van der Waals surface area contributed by atoms with Gasteiger partial charge in [0.25, 0.3) is 0 Å². The Balaban J connectivity index is 2.92. The summed E-state index contributed by atoms with van der Waals surface area (Å²) in [6, 6.07) is 4.22. The summed E-state index contributed by atoms with van der Waals surface area (Å²) in [7, 11) is 0. The van der Waals surface area contributed by atoms with Crippen LogP contribution in [0.2, 0.25) is 0 Å². The summed E-state index contributed by atoms with van der Waals surface area (Å²) >= 11 is 5.40. The van der Waals surface area contributed by atoms with E-state index in [2.05, 4.69) is 0 Å². The molecule has 16 heavy (non-hydrogen) atoms. The number of halogens is 2. The SMILES string of the molecule is Cc1ccc(C(OCCCl)C(=O)O)cc1F. The standard InChI is InChI=1S/C11H12ClFO3/c1-7-2-3-8(6-9(7)13)10(11(14)15)16-5-4-12/h2-3,6,10H,4-5H2,1H3,(H,14,15). The number of carboxylic acid groups (broad SMARTS) is 1. The first kappa shape index (κ1) is 12.9. The predicted molar refractivity (Wildman–Crippen MR) is 58.2 cm³/mol. The molecule has 0 saturated carbocycles. The van der Waals surface area contributed by atoms with Gasteiger partial charge in [-0.05, 0) is 24.1 Å². The lowest BCUT2D eigenvalue weighted by Gasteiger charge is -2.13. The fraction of sp³-hybridized carbons (Fsp3) is 0.364. The summed E-state index contributed by atoms with van der Waals surface area (Å²) in [5, 5.41) is 8.92. The van der Waals surface area contributed by atoms with Crippen LogP contribution in [0.3, 0.4) is 0 Å². The average Bonchev–Trinajstić information content (AvgIpc) is 2.23. The molecule has 0 aliphatic rings. The number of benzene rings is 1. The number of aliphatic carboxylic acids is 1. The van der Waals surface area contributed by atoms with Gasteiger partial charge >= 0.3 is 5.97 Å². The van der Waals surface area contributed by atoms with E-state index >= 15 is 0 Å². The van der Waals surface area contributed by atoms with Crippen molar-refractivity contribution in [1.29, 1.82) is 0 Å². The molecule has 0 spiro atoms. The second-order valence-electron chi connectivity index (χ2n) is 3.29. The van der Waals surface area contributed by atoms with Crippen LogP contribution in [0.1, 0.15) is 17.2 Å². The van der Waals surface area contributed by atoms with Gasteiger partial charge in [-0.25, -0.2) is 9.18 Å². The van der Waals surface area contributed by atoms with Crippen LogP contribution in [0.15, 0.2) is 18.2 Å². The van der Waals surface area contributed by atoms with E-state index in [1.165, 1.54) is 18.2 Å². The minimum atomic E-state index is -1.17. The molecular weight excluding hydrogens is 235 g/mol. The maximum atomic E-state index is 13.3. The van der Waals surface area contributed by atoms with Crippen molar-refractivity contribution in [3.8, 4) is 0 Å². The lowest BCUT2D eigenvalue weighted by Crippen LogP contribution is -2.16. The molecule has 0 amide bonds. The summed E-state index contributed by atoms with van der Waals surface area (Å²) < 4.78 is 18.3. The number of alkyl halides is 1. The van der Waals surface area contributed by atoms with E-state index < -0.39 is 17.9 Å². The number of carbonyl (C=O) groups is 1. The number of hydrogen-bond donors (Lipinski definition) is 1. The minimum Gasteiger partial charge on any atom is -0.479 e. The van der Waals surface area contributed by atoms with E-state index in [1.54, 1.807) is 6.92 Å². The first-order valence-electron chi connectivity index (χ1n) is 4.72. The van der Waals surface area contributed by atoms with Gasteiger partial charge in [0.05, 0.1) is 6.61 Å². The first-order chi connectivity index (χ1) is 7.56. The molecule has 1 aromatic carbocycles. The smallest absolute Gasteiger partial charge is 0.337 e. The molecule has 0 aromatic heterocycles. The van der Waals surface area contributed by atoms with Crippen molar-refractivity contribution in [2.45, 2.75) is 13.0 Å². The normalized spacial score (nSPS) is 12.4. The maximum absolute atomic E-state index is 13.3. The van der Waals surface area contributed by atoms with Crippen molar-refractivity contribution in [2.75, 3.05) is 12.5 Å². The summed E-state index contributed by atoms with van der Waals surface area (Å²) in [4.78, 5) is 10.9. The number of rotatable bonds is 5. The van der Waals surface area contributed by atoms with Gasteiger partial charge in [-0.1, -0.05) is 12.1 Å². The van der Waals surface area contributed by atoms with E-state index in [0.29, 0.717) is 5.56 Å². The third-order valence-corrected chi connectivity index (χ3v) is 2.24. The molecule has 0 radical (unpaired) electrons. The second-order valence-corrected chi connectivity index (χ2v) is 3.66. The van der Waals surface area contributed by atoms with Crippen molar-refractivity contribution in [2.24, 2.45) is 0 Å². The number of carboxylic acids is 1. The molecule has 3 nitrogen and oxygen atoms in total. The number of aryl methyl sites for hydroxylation is 1. The highest BCUT2D eigenvalue weighted by molar-refractivity contribution is 6.17. The topological polar surface area (TPSA) is 46.5 Å². The zero-order valence-electron chi connectivity index (χ0n) is 8.74. The van der Waals surface area contributed by atoms with Gasteiger partial charge in [0.2, 0.25) is 0 Å². The molecule has 0 fully saturated rings. The second kappa shape index (κ2) is 5.82. The number of hydrogen-bond acceptors (Lipinski definition) is 2. The molecule has 0 bridgehead atoms. The van der Waals surface area contributed by atoms with Crippen molar-refractivity contribution in [1.82, 2.24) is 0 Å². The van der Waals surface area contributed by atoms with Gasteiger partial charge in [0.1, 0.15) is 5.82 Å². The van der Waals surface area contributed by atoms with E-state index in [-0.39, 0.29) is 18.1 Å². The fourth-order valence-corrected chi connectivity index (χ4v) is 1.33. The Hall–Kier alpha value is -1.13. The summed E-state index contributed by atoms with van der Waals surface area (Å²) in [6.07, 6.45) is -1.17. The Bertz CT molecular complexity index is 381. The summed E-state index contributed by atoms with van der Waals surface area (Å²) in [5.74, 6) is -1.41. The molecule has 0 heterocycles. The van der Waals surface area contributed by atoms with Gasteiger partial charge in [-0.15, -0.1) is 11.6 Å². The first-order valence-corrected chi connectivity index (χ1v) is 5.26. The van der Waals surface area contributed by atoms with Crippen molar-refractivity contribution in [3.05, 3.63) is 35.1 Å².